The molecule has 0 atom stereocenters. The fraction of sp³-hybridized carbons (Fsp3) is 0.350. The summed E-state index contributed by atoms with van der Waals surface area (Å²) in [6, 6.07) is 28.2. The summed E-state index contributed by atoms with van der Waals surface area (Å²) >= 11 is 0. The standard InChI is InChI=1S/C40H50N4O4/c1-29-19-30(2)22-37(21-29)43-39(45)47-27-35-13-9-33(10-14-35)25-41-17-7-5-6-8-18-42-26-34-11-15-36(16-12-34)28-48-40(46)44-38-23-31(3)20-32(4)24-38/h9-16,19-24,41-42H,5-8,17-18,25-28H2,1-4H3,(H,43,45)(H,44,46). The molecule has 0 aromatic heterocycles. The highest BCUT2D eigenvalue weighted by atomic mass is 16.6. The lowest BCUT2D eigenvalue weighted by Crippen LogP contribution is -2.16. The number of anilines is 2. The molecule has 0 radical (unpaired) electrons. The maximum atomic E-state index is 12.2. The third kappa shape index (κ3) is 13.6. The molecule has 0 aliphatic carbocycles. The van der Waals surface area contributed by atoms with Crippen LogP contribution in [0.25, 0.3) is 0 Å². The van der Waals surface area contributed by atoms with Crippen LogP contribution in [0.15, 0.2) is 84.9 Å². The van der Waals surface area contributed by atoms with Gasteiger partial charge in [-0.25, -0.2) is 9.59 Å². The van der Waals surface area contributed by atoms with E-state index in [1.54, 1.807) is 0 Å². The maximum Gasteiger partial charge on any atom is 0.411 e. The van der Waals surface area contributed by atoms with E-state index in [0.717, 1.165) is 83.8 Å². The number of aryl methyl sites for hydroxylation is 4. The Morgan fingerprint density at radius 2 is 0.812 bits per heavy atom. The van der Waals surface area contributed by atoms with Crippen LogP contribution >= 0.6 is 0 Å². The average molecular weight is 651 g/mol. The molecule has 4 rings (SSSR count). The van der Waals surface area contributed by atoms with Crippen LogP contribution in [0.2, 0.25) is 0 Å². The summed E-state index contributed by atoms with van der Waals surface area (Å²) in [6.07, 6.45) is 3.78. The average Bonchev–Trinajstić information content (AvgIpc) is 3.04. The molecule has 0 fully saturated rings. The van der Waals surface area contributed by atoms with Crippen LogP contribution in [0.4, 0.5) is 21.0 Å². The first-order chi connectivity index (χ1) is 23.2. The molecule has 0 aliphatic rings. The summed E-state index contributed by atoms with van der Waals surface area (Å²) in [5.41, 5.74) is 10.2. The minimum Gasteiger partial charge on any atom is -0.444 e. The van der Waals surface area contributed by atoms with Crippen LogP contribution in [-0.2, 0) is 35.8 Å². The minimum absolute atomic E-state index is 0.234. The number of rotatable bonds is 17. The van der Waals surface area contributed by atoms with E-state index in [1.165, 1.54) is 24.0 Å². The lowest BCUT2D eigenvalue weighted by Gasteiger charge is -2.10. The van der Waals surface area contributed by atoms with Crippen LogP contribution in [0.3, 0.4) is 0 Å². The lowest BCUT2D eigenvalue weighted by atomic mass is 10.1. The Morgan fingerprint density at radius 1 is 0.479 bits per heavy atom. The summed E-state index contributed by atoms with van der Waals surface area (Å²) in [4.78, 5) is 24.3. The highest BCUT2D eigenvalue weighted by molar-refractivity contribution is 5.85. The topological polar surface area (TPSA) is 101 Å². The highest BCUT2D eigenvalue weighted by Crippen LogP contribution is 2.16. The number of unbranched alkanes of at least 4 members (excludes halogenated alkanes) is 3. The number of ether oxygens (including phenoxy) is 2. The molecule has 0 aliphatic heterocycles. The third-order valence-electron chi connectivity index (χ3n) is 7.84. The molecule has 0 heterocycles. The van der Waals surface area contributed by atoms with Crippen molar-refractivity contribution in [1.82, 2.24) is 10.6 Å². The van der Waals surface area contributed by atoms with Gasteiger partial charge in [0.25, 0.3) is 0 Å². The smallest absolute Gasteiger partial charge is 0.411 e. The monoisotopic (exact) mass is 650 g/mol. The maximum absolute atomic E-state index is 12.2. The van der Waals surface area contributed by atoms with Crippen LogP contribution in [0, 0.1) is 27.7 Å². The molecule has 2 amide bonds. The number of benzene rings is 4. The minimum atomic E-state index is -0.452. The van der Waals surface area contributed by atoms with Gasteiger partial charge in [-0.15, -0.1) is 0 Å². The Kier molecular flexibility index (Phi) is 14.5. The van der Waals surface area contributed by atoms with Gasteiger partial charge in [-0.2, -0.15) is 0 Å². The molecule has 0 saturated carbocycles. The van der Waals surface area contributed by atoms with Crippen molar-refractivity contribution >= 4 is 23.6 Å². The molecule has 0 bridgehead atoms. The van der Waals surface area contributed by atoms with E-state index in [-0.39, 0.29) is 13.2 Å². The van der Waals surface area contributed by atoms with Crippen molar-refractivity contribution < 1.29 is 19.1 Å². The molecule has 4 aromatic carbocycles. The Bertz CT molecular complexity index is 1440. The normalized spacial score (nSPS) is 10.8. The van der Waals surface area contributed by atoms with Gasteiger partial charge in [-0.05, 0) is 122 Å². The van der Waals surface area contributed by atoms with Gasteiger partial charge < -0.3 is 20.1 Å². The second-order valence-corrected chi connectivity index (χ2v) is 12.6. The quantitative estimate of drug-likeness (QED) is 0.0852. The molecule has 4 aromatic rings. The third-order valence-corrected chi connectivity index (χ3v) is 7.84. The summed E-state index contributed by atoms with van der Waals surface area (Å²) in [5, 5.41) is 12.6. The number of carbonyl (C=O) groups excluding carboxylic acids is 2. The zero-order valence-electron chi connectivity index (χ0n) is 28.8. The Balaban J connectivity index is 0.982. The van der Waals surface area contributed by atoms with Crippen molar-refractivity contribution in [2.45, 2.75) is 79.7 Å². The lowest BCUT2D eigenvalue weighted by molar-refractivity contribution is 0.154. The second-order valence-electron chi connectivity index (χ2n) is 12.6. The van der Waals surface area contributed by atoms with Crippen LogP contribution in [-0.4, -0.2) is 25.3 Å². The predicted molar refractivity (Wildman–Crippen MR) is 194 cm³/mol. The number of hydrogen-bond donors (Lipinski definition) is 4. The van der Waals surface area contributed by atoms with Gasteiger partial charge in [0.05, 0.1) is 0 Å². The Labute approximate surface area is 285 Å². The van der Waals surface area contributed by atoms with E-state index in [0.29, 0.717) is 0 Å². The van der Waals surface area contributed by atoms with Crippen molar-refractivity contribution in [3.63, 3.8) is 0 Å². The molecule has 4 N–H and O–H groups in total. The second kappa shape index (κ2) is 19.2. The number of hydrogen-bond acceptors (Lipinski definition) is 6. The fourth-order valence-electron chi connectivity index (χ4n) is 5.53. The van der Waals surface area contributed by atoms with Crippen molar-refractivity contribution in [3.05, 3.63) is 129 Å². The molecular weight excluding hydrogens is 600 g/mol. The molecule has 48 heavy (non-hydrogen) atoms. The van der Waals surface area contributed by atoms with E-state index in [9.17, 15) is 9.59 Å². The number of carbonyl (C=O) groups is 2. The summed E-state index contributed by atoms with van der Waals surface area (Å²) in [6.45, 7) is 12.1. The van der Waals surface area contributed by atoms with E-state index in [2.05, 4.69) is 57.7 Å². The molecular formula is C40H50N4O4. The largest absolute Gasteiger partial charge is 0.444 e. The van der Waals surface area contributed by atoms with Gasteiger partial charge in [0.15, 0.2) is 0 Å². The number of nitrogens with one attached hydrogen (secondary N) is 4. The van der Waals surface area contributed by atoms with E-state index in [1.807, 2.05) is 76.2 Å². The first kappa shape index (κ1) is 36.2. The van der Waals surface area contributed by atoms with Crippen LogP contribution in [0.1, 0.15) is 70.2 Å². The zero-order chi connectivity index (χ0) is 34.1. The summed E-state index contributed by atoms with van der Waals surface area (Å²) in [7, 11) is 0. The first-order valence-corrected chi connectivity index (χ1v) is 16.8. The van der Waals surface area contributed by atoms with Gasteiger partial charge in [0.2, 0.25) is 0 Å². The highest BCUT2D eigenvalue weighted by Gasteiger charge is 2.07. The molecule has 0 spiro atoms. The van der Waals surface area contributed by atoms with Crippen molar-refractivity contribution in [2.24, 2.45) is 0 Å². The zero-order valence-corrected chi connectivity index (χ0v) is 28.8. The van der Waals surface area contributed by atoms with Crippen molar-refractivity contribution in [1.29, 1.82) is 0 Å². The van der Waals surface area contributed by atoms with E-state index < -0.39 is 12.2 Å². The van der Waals surface area contributed by atoms with Crippen LogP contribution < -0.4 is 21.3 Å². The first-order valence-electron chi connectivity index (χ1n) is 16.8. The van der Waals surface area contributed by atoms with E-state index in [4.69, 9.17) is 9.47 Å². The van der Waals surface area contributed by atoms with Gasteiger partial charge in [-0.1, -0.05) is 73.5 Å². The van der Waals surface area contributed by atoms with Gasteiger partial charge in [0.1, 0.15) is 13.2 Å². The van der Waals surface area contributed by atoms with E-state index >= 15 is 0 Å². The fourth-order valence-corrected chi connectivity index (χ4v) is 5.53. The van der Waals surface area contributed by atoms with Crippen LogP contribution in [0.5, 0.6) is 0 Å². The van der Waals surface area contributed by atoms with Crippen molar-refractivity contribution in [3.8, 4) is 0 Å². The molecule has 8 nitrogen and oxygen atoms in total. The van der Waals surface area contributed by atoms with Crippen molar-refractivity contribution in [2.75, 3.05) is 23.7 Å². The molecule has 0 unspecified atom stereocenters. The Morgan fingerprint density at radius 3 is 1.17 bits per heavy atom. The SMILES string of the molecule is Cc1cc(C)cc(NC(=O)OCc2ccc(CNCCCCCCNCc3ccc(COC(=O)Nc4cc(C)cc(C)c4)cc3)cc2)c1. The van der Waals surface area contributed by atoms with Gasteiger partial charge >= 0.3 is 12.2 Å². The van der Waals surface area contributed by atoms with Gasteiger partial charge in [-0.3, -0.25) is 10.6 Å². The van der Waals surface area contributed by atoms with Gasteiger partial charge in [0, 0.05) is 24.5 Å². The summed E-state index contributed by atoms with van der Waals surface area (Å²) in [5.74, 6) is 0. The predicted octanol–water partition coefficient (Wildman–Crippen LogP) is 8.86. The number of amides is 2. The molecule has 8 heteroatoms. The summed E-state index contributed by atoms with van der Waals surface area (Å²) < 4.78 is 10.8. The molecule has 254 valence electrons. The Hall–Kier alpha value is -4.66. The molecule has 0 saturated heterocycles.